The summed E-state index contributed by atoms with van der Waals surface area (Å²) in [6, 6.07) is 19.5. The summed E-state index contributed by atoms with van der Waals surface area (Å²) >= 11 is 1.42. The maximum absolute atomic E-state index is 12.5. The monoisotopic (exact) mass is 461 g/mol. The summed E-state index contributed by atoms with van der Waals surface area (Å²) in [5.41, 5.74) is 3.98. The highest BCUT2D eigenvalue weighted by Gasteiger charge is 2.15. The number of hydrogen-bond donors (Lipinski definition) is 2. The molecule has 0 unspecified atom stereocenters. The SMILES string of the molecule is CC1CCN(Cc2ccc(CNC(=O)c3ccc(CNC(=O)c4cccs4)cc3)cc2)CC1. The lowest BCUT2D eigenvalue weighted by atomic mass is 9.99. The summed E-state index contributed by atoms with van der Waals surface area (Å²) < 4.78 is 0. The molecule has 0 bridgehead atoms. The van der Waals surface area contributed by atoms with Gasteiger partial charge in [-0.2, -0.15) is 0 Å². The fourth-order valence-electron chi connectivity index (χ4n) is 3.98. The molecule has 1 aliphatic heterocycles. The van der Waals surface area contributed by atoms with Crippen molar-refractivity contribution >= 4 is 23.2 Å². The zero-order chi connectivity index (χ0) is 23.0. The van der Waals surface area contributed by atoms with Crippen molar-refractivity contribution in [3.05, 3.63) is 93.2 Å². The molecular formula is C27H31N3O2S. The van der Waals surface area contributed by atoms with E-state index in [4.69, 9.17) is 0 Å². The predicted molar refractivity (Wildman–Crippen MR) is 133 cm³/mol. The Bertz CT molecular complexity index is 1040. The van der Waals surface area contributed by atoms with E-state index in [1.807, 2.05) is 23.6 Å². The van der Waals surface area contributed by atoms with Crippen LogP contribution in [0.5, 0.6) is 0 Å². The largest absolute Gasteiger partial charge is 0.348 e. The van der Waals surface area contributed by atoms with E-state index in [2.05, 4.69) is 46.7 Å². The quantitative estimate of drug-likeness (QED) is 0.505. The first-order valence-electron chi connectivity index (χ1n) is 11.6. The van der Waals surface area contributed by atoms with Crippen molar-refractivity contribution < 1.29 is 9.59 Å². The molecule has 0 atom stereocenters. The fraction of sp³-hybridized carbons (Fsp3) is 0.333. The number of hydrogen-bond acceptors (Lipinski definition) is 4. The summed E-state index contributed by atoms with van der Waals surface area (Å²) in [6.07, 6.45) is 2.57. The predicted octanol–water partition coefficient (Wildman–Crippen LogP) is 4.84. The van der Waals surface area contributed by atoms with Crippen LogP contribution >= 0.6 is 11.3 Å². The van der Waals surface area contributed by atoms with Gasteiger partial charge in [0.25, 0.3) is 11.8 Å². The Morgan fingerprint density at radius 3 is 2.03 bits per heavy atom. The summed E-state index contributed by atoms with van der Waals surface area (Å²) in [4.78, 5) is 27.8. The van der Waals surface area contributed by atoms with Gasteiger partial charge in [0.2, 0.25) is 0 Å². The van der Waals surface area contributed by atoms with E-state index in [9.17, 15) is 9.59 Å². The van der Waals surface area contributed by atoms with Crippen molar-refractivity contribution in [2.24, 2.45) is 5.92 Å². The Kier molecular flexibility index (Phi) is 7.92. The second-order valence-corrected chi connectivity index (χ2v) is 9.76. The summed E-state index contributed by atoms with van der Waals surface area (Å²) in [7, 11) is 0. The Labute approximate surface area is 199 Å². The van der Waals surface area contributed by atoms with Crippen LogP contribution in [0.1, 0.15) is 56.5 Å². The lowest BCUT2D eigenvalue weighted by Gasteiger charge is -2.30. The average molecular weight is 462 g/mol. The summed E-state index contributed by atoms with van der Waals surface area (Å²) in [5.74, 6) is 0.666. The highest BCUT2D eigenvalue weighted by Crippen LogP contribution is 2.18. The third-order valence-electron chi connectivity index (χ3n) is 6.17. The fourth-order valence-corrected chi connectivity index (χ4v) is 4.62. The first-order valence-corrected chi connectivity index (χ1v) is 12.4. The van der Waals surface area contributed by atoms with Crippen molar-refractivity contribution in [3.8, 4) is 0 Å². The number of carbonyl (C=O) groups is 2. The van der Waals surface area contributed by atoms with Crippen LogP contribution < -0.4 is 10.6 Å². The van der Waals surface area contributed by atoms with Crippen LogP contribution in [0.25, 0.3) is 0 Å². The number of likely N-dealkylation sites (tertiary alicyclic amines) is 1. The molecular weight excluding hydrogens is 430 g/mol. The van der Waals surface area contributed by atoms with Crippen molar-refractivity contribution in [2.75, 3.05) is 13.1 Å². The van der Waals surface area contributed by atoms with Gasteiger partial charge in [0.1, 0.15) is 0 Å². The second-order valence-electron chi connectivity index (χ2n) is 8.81. The molecule has 0 saturated carbocycles. The average Bonchev–Trinajstić information content (AvgIpc) is 3.39. The smallest absolute Gasteiger partial charge is 0.261 e. The molecule has 1 saturated heterocycles. The topological polar surface area (TPSA) is 61.4 Å². The van der Waals surface area contributed by atoms with E-state index in [1.54, 1.807) is 18.2 Å². The zero-order valence-corrected chi connectivity index (χ0v) is 19.9. The molecule has 5 nitrogen and oxygen atoms in total. The van der Waals surface area contributed by atoms with Gasteiger partial charge < -0.3 is 10.6 Å². The van der Waals surface area contributed by atoms with Gasteiger partial charge in [0.15, 0.2) is 0 Å². The molecule has 1 aromatic heterocycles. The molecule has 1 fully saturated rings. The number of thiophene rings is 1. The number of carbonyl (C=O) groups excluding carboxylic acids is 2. The van der Waals surface area contributed by atoms with Crippen LogP contribution in [0.15, 0.2) is 66.0 Å². The van der Waals surface area contributed by atoms with Crippen molar-refractivity contribution in [1.29, 1.82) is 0 Å². The molecule has 2 heterocycles. The summed E-state index contributed by atoms with van der Waals surface area (Å²) in [6.45, 7) is 6.62. The molecule has 3 aromatic rings. The molecule has 2 aromatic carbocycles. The molecule has 0 aliphatic carbocycles. The Balaban J connectivity index is 1.21. The first kappa shape index (κ1) is 23.2. The summed E-state index contributed by atoms with van der Waals surface area (Å²) in [5, 5.41) is 7.77. The minimum absolute atomic E-state index is 0.0802. The van der Waals surface area contributed by atoms with Crippen molar-refractivity contribution in [2.45, 2.75) is 39.4 Å². The van der Waals surface area contributed by atoms with Crippen LogP contribution in [0.3, 0.4) is 0 Å². The molecule has 172 valence electrons. The Morgan fingerprint density at radius 2 is 1.42 bits per heavy atom. The maximum Gasteiger partial charge on any atom is 0.261 e. The lowest BCUT2D eigenvalue weighted by molar-refractivity contribution is 0.0943. The van der Waals surface area contributed by atoms with E-state index < -0.39 is 0 Å². The first-order chi connectivity index (χ1) is 16.1. The standard InChI is InChI=1S/C27H31N3O2S/c1-20-12-14-30(15-13-20)19-23-6-4-21(5-7-23)17-28-26(31)24-10-8-22(9-11-24)18-29-27(32)25-3-2-16-33-25/h2-11,16,20H,12-15,17-19H2,1H3,(H,28,31)(H,29,32). The number of nitrogens with zero attached hydrogens (tertiary/aromatic N) is 1. The molecule has 0 radical (unpaired) electrons. The van der Waals surface area contributed by atoms with Gasteiger partial charge in [-0.15, -0.1) is 11.3 Å². The van der Waals surface area contributed by atoms with Gasteiger partial charge in [-0.25, -0.2) is 0 Å². The number of piperidine rings is 1. The Morgan fingerprint density at radius 1 is 0.848 bits per heavy atom. The van der Waals surface area contributed by atoms with E-state index >= 15 is 0 Å². The van der Waals surface area contributed by atoms with Gasteiger partial charge in [-0.3, -0.25) is 14.5 Å². The van der Waals surface area contributed by atoms with Gasteiger partial charge >= 0.3 is 0 Å². The number of nitrogens with one attached hydrogen (secondary N) is 2. The highest BCUT2D eigenvalue weighted by atomic mass is 32.1. The molecule has 2 amide bonds. The van der Waals surface area contributed by atoms with E-state index in [0.717, 1.165) is 23.6 Å². The Hall–Kier alpha value is -2.96. The van der Waals surface area contributed by atoms with Crippen LogP contribution in [0.4, 0.5) is 0 Å². The van der Waals surface area contributed by atoms with Crippen molar-refractivity contribution in [3.63, 3.8) is 0 Å². The van der Waals surface area contributed by atoms with Crippen LogP contribution in [-0.4, -0.2) is 29.8 Å². The third kappa shape index (κ3) is 6.76. The second kappa shape index (κ2) is 11.3. The normalized spacial score (nSPS) is 14.7. The zero-order valence-electron chi connectivity index (χ0n) is 19.0. The molecule has 4 rings (SSSR count). The molecule has 6 heteroatoms. The minimum atomic E-state index is -0.101. The van der Waals surface area contributed by atoms with Gasteiger partial charge in [0, 0.05) is 25.2 Å². The molecule has 2 N–H and O–H groups in total. The number of benzene rings is 2. The molecule has 1 aliphatic rings. The maximum atomic E-state index is 12.5. The van der Waals surface area contributed by atoms with Crippen LogP contribution in [-0.2, 0) is 19.6 Å². The minimum Gasteiger partial charge on any atom is -0.348 e. The van der Waals surface area contributed by atoms with Crippen molar-refractivity contribution in [1.82, 2.24) is 15.5 Å². The van der Waals surface area contributed by atoms with E-state index in [1.165, 1.54) is 42.8 Å². The number of amides is 2. The van der Waals surface area contributed by atoms with Crippen LogP contribution in [0.2, 0.25) is 0 Å². The molecule has 33 heavy (non-hydrogen) atoms. The number of rotatable bonds is 8. The van der Waals surface area contributed by atoms with E-state index in [-0.39, 0.29) is 11.8 Å². The van der Waals surface area contributed by atoms with Gasteiger partial charge in [-0.05, 0) is 72.1 Å². The van der Waals surface area contributed by atoms with Gasteiger partial charge in [-0.1, -0.05) is 49.4 Å². The lowest BCUT2D eigenvalue weighted by Crippen LogP contribution is -2.32. The van der Waals surface area contributed by atoms with E-state index in [0.29, 0.717) is 23.5 Å². The third-order valence-corrected chi connectivity index (χ3v) is 7.04. The van der Waals surface area contributed by atoms with Crippen LogP contribution in [0, 0.1) is 5.92 Å². The van der Waals surface area contributed by atoms with Gasteiger partial charge in [0.05, 0.1) is 4.88 Å². The molecule has 0 spiro atoms. The highest BCUT2D eigenvalue weighted by molar-refractivity contribution is 7.12.